The van der Waals surface area contributed by atoms with E-state index in [2.05, 4.69) is 88.5 Å². The van der Waals surface area contributed by atoms with E-state index in [9.17, 15) is 43.2 Å². The third-order valence-electron chi connectivity index (χ3n) is 17.5. The van der Waals surface area contributed by atoms with Gasteiger partial charge in [-0.1, -0.05) is 294 Å². The first-order chi connectivity index (χ1) is 48.7. The molecule has 584 valence electrons. The Morgan fingerprint density at radius 1 is 0.280 bits per heavy atom. The van der Waals surface area contributed by atoms with E-state index < -0.39 is 97.5 Å². The van der Waals surface area contributed by atoms with Crippen molar-refractivity contribution in [2.24, 2.45) is 0 Å². The van der Waals surface area contributed by atoms with Crippen molar-refractivity contribution in [1.29, 1.82) is 0 Å². The van der Waals surface area contributed by atoms with Gasteiger partial charge in [0.05, 0.1) is 26.4 Å². The number of unbranched alkanes of at least 4 members (excludes halogenated alkanes) is 41. The van der Waals surface area contributed by atoms with Gasteiger partial charge in [-0.25, -0.2) is 9.13 Å². The highest BCUT2D eigenvalue weighted by atomic mass is 31.2. The summed E-state index contributed by atoms with van der Waals surface area (Å²) in [6.07, 6.45) is 73.3. The highest BCUT2D eigenvalue weighted by Gasteiger charge is 2.30. The fourth-order valence-corrected chi connectivity index (χ4v) is 12.8. The number of carbonyl (C=O) groups excluding carboxylic acids is 4. The van der Waals surface area contributed by atoms with E-state index in [1.165, 1.54) is 148 Å². The molecule has 3 N–H and O–H groups in total. The first-order valence-corrected chi connectivity index (χ1v) is 43.5. The van der Waals surface area contributed by atoms with E-state index >= 15 is 0 Å². The highest BCUT2D eigenvalue weighted by molar-refractivity contribution is 7.47. The molecule has 0 fully saturated rings. The van der Waals surface area contributed by atoms with Crippen LogP contribution in [-0.2, 0) is 65.4 Å². The number of esters is 4. The summed E-state index contributed by atoms with van der Waals surface area (Å²) < 4.78 is 68.6. The lowest BCUT2D eigenvalue weighted by atomic mass is 10.0. The Morgan fingerprint density at radius 3 is 0.770 bits per heavy atom. The topological polar surface area (TPSA) is 237 Å². The molecule has 0 saturated heterocycles. The van der Waals surface area contributed by atoms with Crippen LogP contribution in [-0.4, -0.2) is 96.7 Å². The van der Waals surface area contributed by atoms with Gasteiger partial charge in [0.15, 0.2) is 12.2 Å². The van der Waals surface area contributed by atoms with Crippen LogP contribution in [0.4, 0.5) is 0 Å². The van der Waals surface area contributed by atoms with Crippen molar-refractivity contribution in [3.05, 3.63) is 60.8 Å². The third-order valence-corrected chi connectivity index (χ3v) is 19.4. The van der Waals surface area contributed by atoms with Crippen molar-refractivity contribution in [1.82, 2.24) is 0 Å². The SMILES string of the molecule is CCCCC/C=C\C/C=C\CCCCCCCC(=O)OC[C@H](COP(=O)(O)OC[C@H](O)COP(=O)(O)OC[C@@H](COC(=O)CCCCCCCCCCCCCCCCC)OC(=O)CCCCCCC/C=C\C/C=C\CCCCC)OC(=O)CCCCCCC/C=C\CCCCCCCC. The van der Waals surface area contributed by atoms with E-state index in [0.29, 0.717) is 25.7 Å². The van der Waals surface area contributed by atoms with Crippen molar-refractivity contribution < 1.29 is 80.2 Å². The number of ether oxygens (including phenoxy) is 4. The van der Waals surface area contributed by atoms with Crippen LogP contribution in [0.5, 0.6) is 0 Å². The normalized spacial score (nSPS) is 14.2. The summed E-state index contributed by atoms with van der Waals surface area (Å²) in [4.78, 5) is 73.0. The number of rotatable bonds is 77. The molecule has 0 aliphatic rings. The number of aliphatic hydroxyl groups excluding tert-OH is 1. The van der Waals surface area contributed by atoms with Gasteiger partial charge in [0.1, 0.15) is 19.3 Å². The van der Waals surface area contributed by atoms with Crippen LogP contribution in [0.15, 0.2) is 60.8 Å². The van der Waals surface area contributed by atoms with Crippen molar-refractivity contribution in [3.63, 3.8) is 0 Å². The van der Waals surface area contributed by atoms with Crippen LogP contribution in [0, 0.1) is 0 Å². The largest absolute Gasteiger partial charge is 0.472 e. The molecule has 100 heavy (non-hydrogen) atoms. The van der Waals surface area contributed by atoms with Crippen molar-refractivity contribution in [3.8, 4) is 0 Å². The molecule has 17 nitrogen and oxygen atoms in total. The summed E-state index contributed by atoms with van der Waals surface area (Å²) in [6.45, 7) is 4.85. The lowest BCUT2D eigenvalue weighted by Gasteiger charge is -2.21. The molecular formula is C81H148O17P2. The number of hydrogen-bond donors (Lipinski definition) is 3. The predicted octanol–water partition coefficient (Wildman–Crippen LogP) is 23.5. The maximum Gasteiger partial charge on any atom is 0.472 e. The van der Waals surface area contributed by atoms with Gasteiger partial charge in [-0.2, -0.15) is 0 Å². The molecule has 0 saturated carbocycles. The number of carbonyl (C=O) groups is 4. The Balaban J connectivity index is 5.35. The van der Waals surface area contributed by atoms with Gasteiger partial charge in [-0.3, -0.25) is 37.3 Å². The van der Waals surface area contributed by atoms with Gasteiger partial charge < -0.3 is 33.8 Å². The monoisotopic (exact) mass is 1460 g/mol. The van der Waals surface area contributed by atoms with E-state index in [1.54, 1.807) is 0 Å². The lowest BCUT2D eigenvalue weighted by molar-refractivity contribution is -0.161. The average molecular weight is 1460 g/mol. The van der Waals surface area contributed by atoms with Gasteiger partial charge in [0.25, 0.3) is 0 Å². The summed E-state index contributed by atoms with van der Waals surface area (Å²) in [5.41, 5.74) is 0. The molecule has 0 aliphatic heterocycles. The standard InChI is InChI=1S/C81H148O17P2/c1-5-9-13-17-21-25-29-33-37-41-45-49-53-57-61-65-78(83)91-71-76(97-80(85)67-63-59-55-51-47-43-39-35-31-27-23-19-15-11-7-3)73-95-99(87,88)93-69-75(82)70-94-100(89,90)96-74-77(98-81(86)68-64-60-56-52-48-44-40-36-32-28-24-20-16-12-8-4)72-92-79(84)66-62-58-54-50-46-42-38-34-30-26-22-18-14-10-6-2/h21,24-25,28,33,35-37,39-40,75-77,82H,5-20,22-23,26-27,29-32,34,38,41-74H2,1-4H3,(H,87,88)(H,89,90)/b25-21-,28-24-,37-33-,39-35-,40-36-/t75-,76+,77+/m0/s1. The van der Waals surface area contributed by atoms with Crippen LogP contribution < -0.4 is 0 Å². The number of phosphoric ester groups is 2. The number of allylic oxidation sites excluding steroid dienone is 10. The van der Waals surface area contributed by atoms with Crippen molar-refractivity contribution in [2.45, 2.75) is 393 Å². The predicted molar refractivity (Wildman–Crippen MR) is 409 cm³/mol. The summed E-state index contributed by atoms with van der Waals surface area (Å²) in [7, 11) is -9.95. The quantitative estimate of drug-likeness (QED) is 0.0169. The van der Waals surface area contributed by atoms with Gasteiger partial charge in [-0.05, 0) is 116 Å². The molecule has 0 heterocycles. The third kappa shape index (κ3) is 73.1. The summed E-state index contributed by atoms with van der Waals surface area (Å²) in [6, 6.07) is 0. The first-order valence-electron chi connectivity index (χ1n) is 40.5. The number of aliphatic hydroxyl groups is 1. The second kappa shape index (κ2) is 74.0. The van der Waals surface area contributed by atoms with Gasteiger partial charge in [-0.15, -0.1) is 0 Å². The Hall–Kier alpha value is -3.24. The second-order valence-corrected chi connectivity index (χ2v) is 30.3. The Kier molecular flexibility index (Phi) is 71.6. The fourth-order valence-electron chi connectivity index (χ4n) is 11.2. The molecule has 0 rings (SSSR count). The van der Waals surface area contributed by atoms with Gasteiger partial charge >= 0.3 is 39.5 Å². The number of hydrogen-bond acceptors (Lipinski definition) is 15. The minimum atomic E-state index is -4.98. The maximum absolute atomic E-state index is 13.1. The summed E-state index contributed by atoms with van der Waals surface area (Å²) in [5.74, 6) is -2.18. The van der Waals surface area contributed by atoms with Crippen LogP contribution in [0.2, 0.25) is 0 Å². The smallest absolute Gasteiger partial charge is 0.462 e. The van der Waals surface area contributed by atoms with E-state index in [1.807, 2.05) is 0 Å². The second-order valence-electron chi connectivity index (χ2n) is 27.4. The zero-order valence-corrected chi connectivity index (χ0v) is 65.7. The van der Waals surface area contributed by atoms with Crippen LogP contribution in [0.25, 0.3) is 0 Å². The Labute approximate surface area is 610 Å². The van der Waals surface area contributed by atoms with E-state index in [4.69, 9.17) is 37.0 Å². The molecule has 0 aromatic heterocycles. The Bertz CT molecular complexity index is 2130. The molecular weight excluding hydrogens is 1310 g/mol. The molecule has 0 amide bonds. The molecule has 0 aromatic rings. The van der Waals surface area contributed by atoms with Crippen molar-refractivity contribution >= 4 is 39.5 Å². The number of phosphoric acid groups is 2. The van der Waals surface area contributed by atoms with E-state index in [0.717, 1.165) is 148 Å². The molecule has 5 atom stereocenters. The zero-order chi connectivity index (χ0) is 73.2. The molecule has 0 bridgehead atoms. The van der Waals surface area contributed by atoms with Crippen LogP contribution in [0.1, 0.15) is 374 Å². The van der Waals surface area contributed by atoms with Crippen molar-refractivity contribution in [2.75, 3.05) is 39.6 Å². The fraction of sp³-hybridized carbons (Fsp3) is 0.827. The van der Waals surface area contributed by atoms with E-state index in [-0.39, 0.29) is 25.7 Å². The first kappa shape index (κ1) is 96.8. The van der Waals surface area contributed by atoms with Gasteiger partial charge in [0.2, 0.25) is 0 Å². The van der Waals surface area contributed by atoms with Crippen LogP contribution >= 0.6 is 15.6 Å². The Morgan fingerprint density at radius 2 is 0.490 bits per heavy atom. The highest BCUT2D eigenvalue weighted by Crippen LogP contribution is 2.45. The molecule has 0 aromatic carbocycles. The minimum Gasteiger partial charge on any atom is -0.462 e. The molecule has 2 unspecified atom stereocenters. The summed E-state index contributed by atoms with van der Waals surface area (Å²) >= 11 is 0. The minimum absolute atomic E-state index is 0.0839. The summed E-state index contributed by atoms with van der Waals surface area (Å²) in [5, 5.41) is 10.6. The average Bonchev–Trinajstić information content (AvgIpc) is 1.01. The lowest BCUT2D eigenvalue weighted by Crippen LogP contribution is -2.30. The zero-order valence-electron chi connectivity index (χ0n) is 63.9. The van der Waals surface area contributed by atoms with Crippen LogP contribution in [0.3, 0.4) is 0 Å². The molecule has 0 aliphatic carbocycles. The maximum atomic E-state index is 13.1. The molecule has 0 spiro atoms. The molecule has 19 heteroatoms. The molecule has 0 radical (unpaired) electrons. The van der Waals surface area contributed by atoms with Gasteiger partial charge in [0, 0.05) is 25.7 Å².